The van der Waals surface area contributed by atoms with Gasteiger partial charge in [0.05, 0.1) is 9.85 Å². The lowest BCUT2D eigenvalue weighted by Gasteiger charge is -2.06. The number of hydrogen-bond donors (Lipinski definition) is 1. The molecule has 0 fully saturated rings. The number of benzene rings is 1. The highest BCUT2D eigenvalue weighted by Gasteiger charge is 2.14. The molecule has 0 saturated carbocycles. The molecule has 1 heterocycles. The second-order valence-electron chi connectivity index (χ2n) is 4.13. The van der Waals surface area contributed by atoms with Crippen LogP contribution < -0.4 is 5.32 Å². The minimum atomic E-state index is -0.456. The molecule has 0 aliphatic rings. The topological polar surface area (TPSA) is 98.3 Å². The Morgan fingerprint density at radius 1 is 1.15 bits per heavy atom. The zero-order chi connectivity index (χ0) is 14.7. The molecule has 2 rings (SSSR count). The zero-order valence-electron chi connectivity index (χ0n) is 10.5. The molecule has 1 N–H and O–H groups in total. The van der Waals surface area contributed by atoms with Crippen LogP contribution in [0.5, 0.6) is 0 Å². The third-order valence-corrected chi connectivity index (χ3v) is 3.67. The summed E-state index contributed by atoms with van der Waals surface area (Å²) >= 11 is 1.05. The maximum Gasteiger partial charge on any atom is 0.324 e. The van der Waals surface area contributed by atoms with Crippen molar-refractivity contribution in [2.45, 2.75) is 13.5 Å². The number of nitro benzene ring substituents is 1. The van der Waals surface area contributed by atoms with Crippen molar-refractivity contribution >= 4 is 27.7 Å². The van der Waals surface area contributed by atoms with Crippen LogP contribution in [-0.4, -0.2) is 9.85 Å². The van der Waals surface area contributed by atoms with Gasteiger partial charge in [0.2, 0.25) is 0 Å². The van der Waals surface area contributed by atoms with Gasteiger partial charge in [-0.1, -0.05) is 17.4 Å². The molecule has 104 valence electrons. The van der Waals surface area contributed by atoms with Gasteiger partial charge < -0.3 is 5.32 Å². The summed E-state index contributed by atoms with van der Waals surface area (Å²) in [6.45, 7) is 2.09. The molecule has 7 nitrogen and oxygen atoms in total. The third kappa shape index (κ3) is 3.09. The van der Waals surface area contributed by atoms with Crippen LogP contribution in [0.15, 0.2) is 30.3 Å². The fourth-order valence-electron chi connectivity index (χ4n) is 1.68. The molecule has 2 aromatic rings. The van der Waals surface area contributed by atoms with Gasteiger partial charge in [-0.2, -0.15) is 0 Å². The van der Waals surface area contributed by atoms with Crippen LogP contribution in [0.2, 0.25) is 0 Å². The Morgan fingerprint density at radius 2 is 1.90 bits per heavy atom. The van der Waals surface area contributed by atoms with Crippen molar-refractivity contribution in [1.82, 2.24) is 0 Å². The quantitative estimate of drug-likeness (QED) is 0.672. The van der Waals surface area contributed by atoms with Gasteiger partial charge in [0.25, 0.3) is 5.69 Å². The number of aryl methyl sites for hydroxylation is 1. The van der Waals surface area contributed by atoms with E-state index in [0.717, 1.165) is 21.8 Å². The molecule has 1 aromatic heterocycles. The van der Waals surface area contributed by atoms with E-state index in [0.29, 0.717) is 12.2 Å². The Hall–Kier alpha value is -2.48. The van der Waals surface area contributed by atoms with E-state index < -0.39 is 9.85 Å². The largest absolute Gasteiger partial charge is 0.375 e. The van der Waals surface area contributed by atoms with E-state index in [1.165, 1.54) is 12.1 Å². The monoisotopic (exact) mass is 293 g/mol. The van der Waals surface area contributed by atoms with Crippen molar-refractivity contribution in [1.29, 1.82) is 0 Å². The highest BCUT2D eigenvalue weighted by Crippen LogP contribution is 2.28. The van der Waals surface area contributed by atoms with Gasteiger partial charge in [0.1, 0.15) is 5.69 Å². The lowest BCUT2D eigenvalue weighted by Crippen LogP contribution is -2.01. The maximum atomic E-state index is 11.0. The van der Waals surface area contributed by atoms with Crippen LogP contribution in [0, 0.1) is 27.2 Å². The van der Waals surface area contributed by atoms with Crippen molar-refractivity contribution in [2.75, 3.05) is 5.32 Å². The van der Waals surface area contributed by atoms with Crippen LogP contribution in [0.3, 0.4) is 0 Å². The van der Waals surface area contributed by atoms with E-state index in [1.54, 1.807) is 25.1 Å². The number of nitrogens with one attached hydrogen (secondary N) is 1. The minimum Gasteiger partial charge on any atom is -0.375 e. The summed E-state index contributed by atoms with van der Waals surface area (Å²) in [4.78, 5) is 21.4. The molecule has 1 aromatic carbocycles. The number of nitrogens with zero attached hydrogens (tertiary/aromatic N) is 2. The Bertz CT molecular complexity index is 668. The first-order valence-electron chi connectivity index (χ1n) is 5.69. The molecule has 0 bridgehead atoms. The molecule has 20 heavy (non-hydrogen) atoms. The van der Waals surface area contributed by atoms with Crippen LogP contribution >= 0.6 is 11.3 Å². The molecule has 0 saturated heterocycles. The number of anilines is 1. The number of rotatable bonds is 5. The van der Waals surface area contributed by atoms with E-state index in [2.05, 4.69) is 5.32 Å². The Balaban J connectivity index is 2.14. The van der Waals surface area contributed by atoms with Gasteiger partial charge in [0, 0.05) is 23.6 Å². The Kier molecular flexibility index (Phi) is 3.94. The summed E-state index contributed by atoms with van der Waals surface area (Å²) in [5.74, 6) is 0. The lowest BCUT2D eigenvalue weighted by atomic mass is 10.2. The summed E-state index contributed by atoms with van der Waals surface area (Å²) in [5, 5.41) is 24.5. The standard InChI is InChI=1S/C12H11N3O4S/c1-8-2-4-10(11(6-8)14(16)17)13-7-9-3-5-12(20-9)15(18)19/h2-6,13H,7H2,1H3. The van der Waals surface area contributed by atoms with Crippen molar-refractivity contribution < 1.29 is 9.85 Å². The molecule has 8 heteroatoms. The van der Waals surface area contributed by atoms with Gasteiger partial charge >= 0.3 is 5.00 Å². The van der Waals surface area contributed by atoms with Gasteiger partial charge in [-0.25, -0.2) is 0 Å². The summed E-state index contributed by atoms with van der Waals surface area (Å²) in [6, 6.07) is 7.95. The molecule has 0 spiro atoms. The molecule has 0 amide bonds. The molecule has 0 atom stereocenters. The van der Waals surface area contributed by atoms with Crippen LogP contribution in [0.4, 0.5) is 16.4 Å². The predicted octanol–water partition coefficient (Wildman–Crippen LogP) is 3.49. The first-order chi connectivity index (χ1) is 9.47. The summed E-state index contributed by atoms with van der Waals surface area (Å²) in [7, 11) is 0. The summed E-state index contributed by atoms with van der Waals surface area (Å²) < 4.78 is 0. The second-order valence-corrected chi connectivity index (χ2v) is 5.28. The van der Waals surface area contributed by atoms with Gasteiger partial charge in [-0.05, 0) is 24.6 Å². The third-order valence-electron chi connectivity index (χ3n) is 2.63. The number of thiophene rings is 1. The fraction of sp³-hybridized carbons (Fsp3) is 0.167. The minimum absolute atomic E-state index is 0.00365. The van der Waals surface area contributed by atoms with Gasteiger partial charge in [-0.15, -0.1) is 0 Å². The molecule has 0 aliphatic carbocycles. The molecular weight excluding hydrogens is 282 g/mol. The van der Waals surface area contributed by atoms with Gasteiger partial charge in [-0.3, -0.25) is 20.2 Å². The molecule has 0 aliphatic heterocycles. The second kappa shape index (κ2) is 5.66. The average molecular weight is 293 g/mol. The predicted molar refractivity (Wildman–Crippen MR) is 76.1 cm³/mol. The highest BCUT2D eigenvalue weighted by atomic mass is 32.1. The highest BCUT2D eigenvalue weighted by molar-refractivity contribution is 7.15. The van der Waals surface area contributed by atoms with E-state index in [1.807, 2.05) is 0 Å². The number of hydrogen-bond acceptors (Lipinski definition) is 6. The van der Waals surface area contributed by atoms with Crippen molar-refractivity contribution in [3.05, 3.63) is 61.0 Å². The fourth-order valence-corrected chi connectivity index (χ4v) is 2.44. The normalized spacial score (nSPS) is 10.2. The summed E-state index contributed by atoms with van der Waals surface area (Å²) in [6.07, 6.45) is 0. The van der Waals surface area contributed by atoms with Gasteiger partial charge in [0.15, 0.2) is 0 Å². The van der Waals surface area contributed by atoms with Crippen LogP contribution in [0.25, 0.3) is 0 Å². The van der Waals surface area contributed by atoms with Crippen LogP contribution in [0.1, 0.15) is 10.4 Å². The molecule has 0 unspecified atom stereocenters. The van der Waals surface area contributed by atoms with E-state index in [9.17, 15) is 20.2 Å². The van der Waals surface area contributed by atoms with Crippen molar-refractivity contribution in [3.8, 4) is 0 Å². The maximum absolute atomic E-state index is 11.0. The zero-order valence-corrected chi connectivity index (χ0v) is 11.3. The van der Waals surface area contributed by atoms with E-state index >= 15 is 0 Å². The van der Waals surface area contributed by atoms with Crippen molar-refractivity contribution in [2.24, 2.45) is 0 Å². The number of nitro groups is 2. The first kappa shape index (κ1) is 13.9. The van der Waals surface area contributed by atoms with E-state index in [4.69, 9.17) is 0 Å². The average Bonchev–Trinajstić information content (AvgIpc) is 2.86. The Labute approximate surface area is 118 Å². The SMILES string of the molecule is Cc1ccc(NCc2ccc([N+](=O)[O-])s2)c([N+](=O)[O-])c1. The first-order valence-corrected chi connectivity index (χ1v) is 6.51. The smallest absolute Gasteiger partial charge is 0.324 e. The van der Waals surface area contributed by atoms with Crippen LogP contribution in [-0.2, 0) is 6.54 Å². The molecular formula is C12H11N3O4S. The Morgan fingerprint density at radius 3 is 2.50 bits per heavy atom. The molecule has 0 radical (unpaired) electrons. The lowest BCUT2D eigenvalue weighted by molar-refractivity contribution is -0.384. The summed E-state index contributed by atoms with van der Waals surface area (Å²) in [5.41, 5.74) is 1.20. The van der Waals surface area contributed by atoms with Crippen molar-refractivity contribution in [3.63, 3.8) is 0 Å². The van der Waals surface area contributed by atoms with E-state index in [-0.39, 0.29) is 10.7 Å².